The smallest absolute Gasteiger partial charge is 0.254 e. The number of hydrogen-bond acceptors (Lipinski definition) is 2. The first-order chi connectivity index (χ1) is 8.48. The molecule has 1 aromatic rings. The fraction of sp³-hybridized carbons (Fsp3) is 0.462. The zero-order valence-electron chi connectivity index (χ0n) is 11.0. The number of hydrogen-bond donors (Lipinski definition) is 2. The molecule has 0 radical (unpaired) electrons. The molecule has 1 rings (SSSR count). The van der Waals surface area contributed by atoms with Crippen molar-refractivity contribution in [1.82, 2.24) is 5.32 Å². The minimum Gasteiger partial charge on any atom is -0.345 e. The zero-order chi connectivity index (χ0) is 13.8. The van der Waals surface area contributed by atoms with Crippen LogP contribution >= 0.6 is 24.0 Å². The summed E-state index contributed by atoms with van der Waals surface area (Å²) in [6.45, 7) is 4.18. The minimum atomic E-state index is -0.588. The largest absolute Gasteiger partial charge is 0.345 e. The Labute approximate surface area is 124 Å². The van der Waals surface area contributed by atoms with Crippen molar-refractivity contribution in [2.75, 3.05) is 6.54 Å². The van der Waals surface area contributed by atoms with Crippen LogP contribution in [0.1, 0.15) is 37.0 Å². The normalized spacial score (nSPS) is 10.8. The number of rotatable bonds is 5. The highest BCUT2D eigenvalue weighted by atomic mass is 35.5. The van der Waals surface area contributed by atoms with Crippen LogP contribution in [0.2, 0.25) is 5.02 Å². The SMILES string of the molecule is CCC(CC)(CN)NC(=O)c1cc(Cl)ccc1F.Cl. The third kappa shape index (κ3) is 4.34. The minimum absolute atomic E-state index is 0. The summed E-state index contributed by atoms with van der Waals surface area (Å²) in [7, 11) is 0. The molecule has 0 saturated carbocycles. The predicted octanol–water partition coefficient (Wildman–Crippen LogP) is 3.15. The van der Waals surface area contributed by atoms with E-state index < -0.39 is 17.3 Å². The van der Waals surface area contributed by atoms with Crippen molar-refractivity contribution in [3.05, 3.63) is 34.6 Å². The molecule has 108 valence electrons. The summed E-state index contributed by atoms with van der Waals surface area (Å²) in [6, 6.07) is 3.90. The molecule has 19 heavy (non-hydrogen) atoms. The number of nitrogens with one attached hydrogen (secondary N) is 1. The van der Waals surface area contributed by atoms with Crippen molar-refractivity contribution in [2.24, 2.45) is 5.73 Å². The lowest BCUT2D eigenvalue weighted by Gasteiger charge is -2.31. The van der Waals surface area contributed by atoms with E-state index in [1.165, 1.54) is 18.2 Å². The molecule has 0 bridgehead atoms. The Hall–Kier alpha value is -0.840. The molecule has 1 aromatic carbocycles. The molecule has 3 N–H and O–H groups in total. The number of benzene rings is 1. The van der Waals surface area contributed by atoms with Gasteiger partial charge in [0.25, 0.3) is 5.91 Å². The van der Waals surface area contributed by atoms with E-state index in [2.05, 4.69) is 5.32 Å². The Kier molecular flexibility index (Phi) is 7.34. The van der Waals surface area contributed by atoms with Gasteiger partial charge in [0.2, 0.25) is 0 Å². The van der Waals surface area contributed by atoms with Gasteiger partial charge < -0.3 is 11.1 Å². The van der Waals surface area contributed by atoms with Gasteiger partial charge in [0.1, 0.15) is 5.82 Å². The first-order valence-electron chi connectivity index (χ1n) is 5.95. The maximum absolute atomic E-state index is 13.6. The fourth-order valence-electron chi connectivity index (χ4n) is 1.75. The second-order valence-electron chi connectivity index (χ2n) is 4.27. The van der Waals surface area contributed by atoms with Crippen LogP contribution in [0.5, 0.6) is 0 Å². The molecular weight excluding hydrogens is 290 g/mol. The van der Waals surface area contributed by atoms with Gasteiger partial charge in [0.05, 0.1) is 11.1 Å². The van der Waals surface area contributed by atoms with E-state index in [4.69, 9.17) is 17.3 Å². The monoisotopic (exact) mass is 308 g/mol. The van der Waals surface area contributed by atoms with Crippen LogP contribution in [0.3, 0.4) is 0 Å². The van der Waals surface area contributed by atoms with Gasteiger partial charge in [-0.25, -0.2) is 4.39 Å². The molecule has 0 unspecified atom stereocenters. The van der Waals surface area contributed by atoms with Gasteiger partial charge >= 0.3 is 0 Å². The predicted molar refractivity (Wildman–Crippen MR) is 78.5 cm³/mol. The molecule has 3 nitrogen and oxygen atoms in total. The maximum Gasteiger partial charge on any atom is 0.254 e. The van der Waals surface area contributed by atoms with Crippen LogP contribution < -0.4 is 11.1 Å². The Morgan fingerprint density at radius 2 is 2.00 bits per heavy atom. The lowest BCUT2D eigenvalue weighted by atomic mass is 9.92. The zero-order valence-corrected chi connectivity index (χ0v) is 12.6. The van der Waals surface area contributed by atoms with Crippen LogP contribution in [0.15, 0.2) is 18.2 Å². The van der Waals surface area contributed by atoms with E-state index in [1.807, 2.05) is 13.8 Å². The second kappa shape index (κ2) is 7.68. The van der Waals surface area contributed by atoms with E-state index in [-0.39, 0.29) is 18.0 Å². The second-order valence-corrected chi connectivity index (χ2v) is 4.71. The molecule has 6 heteroatoms. The van der Waals surface area contributed by atoms with E-state index in [0.717, 1.165) is 0 Å². The van der Waals surface area contributed by atoms with Gasteiger partial charge in [-0.15, -0.1) is 12.4 Å². The molecule has 0 aromatic heterocycles. The molecular formula is C13H19Cl2FN2O. The van der Waals surface area contributed by atoms with Crippen molar-refractivity contribution >= 4 is 29.9 Å². The Morgan fingerprint density at radius 3 is 2.47 bits per heavy atom. The quantitative estimate of drug-likeness (QED) is 0.878. The summed E-state index contributed by atoms with van der Waals surface area (Å²) in [5.41, 5.74) is 5.14. The van der Waals surface area contributed by atoms with Crippen molar-refractivity contribution < 1.29 is 9.18 Å². The van der Waals surface area contributed by atoms with Gasteiger partial charge in [-0.05, 0) is 31.0 Å². The molecule has 0 aliphatic heterocycles. The molecule has 0 spiro atoms. The number of carbonyl (C=O) groups is 1. The fourth-order valence-corrected chi connectivity index (χ4v) is 1.92. The van der Waals surface area contributed by atoms with Crippen molar-refractivity contribution in [3.8, 4) is 0 Å². The summed E-state index contributed by atoms with van der Waals surface area (Å²) >= 11 is 5.76. The first kappa shape index (κ1) is 18.2. The van der Waals surface area contributed by atoms with E-state index in [1.54, 1.807) is 0 Å². The van der Waals surface area contributed by atoms with Crippen LogP contribution in [-0.2, 0) is 0 Å². The van der Waals surface area contributed by atoms with Gasteiger partial charge in [-0.2, -0.15) is 0 Å². The topological polar surface area (TPSA) is 55.1 Å². The van der Waals surface area contributed by atoms with Gasteiger partial charge in [0.15, 0.2) is 0 Å². The van der Waals surface area contributed by atoms with Gasteiger partial charge in [-0.3, -0.25) is 4.79 Å². The maximum atomic E-state index is 13.6. The van der Waals surface area contributed by atoms with E-state index in [9.17, 15) is 9.18 Å². The summed E-state index contributed by atoms with van der Waals surface area (Å²) in [4.78, 5) is 12.0. The van der Waals surface area contributed by atoms with Crippen molar-refractivity contribution in [1.29, 1.82) is 0 Å². The number of carbonyl (C=O) groups excluding carboxylic acids is 1. The van der Waals surface area contributed by atoms with Crippen LogP contribution in [0.4, 0.5) is 4.39 Å². The van der Waals surface area contributed by atoms with Crippen molar-refractivity contribution in [2.45, 2.75) is 32.2 Å². The van der Waals surface area contributed by atoms with E-state index >= 15 is 0 Å². The van der Waals surface area contributed by atoms with E-state index in [0.29, 0.717) is 24.4 Å². The lowest BCUT2D eigenvalue weighted by Crippen LogP contribution is -2.53. The Morgan fingerprint density at radius 1 is 1.42 bits per heavy atom. The molecule has 0 aliphatic rings. The molecule has 0 atom stereocenters. The van der Waals surface area contributed by atoms with Crippen LogP contribution in [-0.4, -0.2) is 18.0 Å². The highest BCUT2D eigenvalue weighted by Crippen LogP contribution is 2.18. The van der Waals surface area contributed by atoms with Gasteiger partial charge in [0, 0.05) is 11.6 Å². The van der Waals surface area contributed by atoms with Gasteiger partial charge in [-0.1, -0.05) is 25.4 Å². The molecule has 0 saturated heterocycles. The summed E-state index contributed by atoms with van der Waals surface area (Å²) in [6.07, 6.45) is 1.38. The third-order valence-corrected chi connectivity index (χ3v) is 3.53. The first-order valence-corrected chi connectivity index (χ1v) is 6.33. The highest BCUT2D eigenvalue weighted by molar-refractivity contribution is 6.31. The summed E-state index contributed by atoms with van der Waals surface area (Å²) < 4.78 is 13.6. The molecule has 0 heterocycles. The average molecular weight is 309 g/mol. The van der Waals surface area contributed by atoms with Crippen LogP contribution in [0.25, 0.3) is 0 Å². The Balaban J connectivity index is 0.00000324. The number of halogens is 3. The standard InChI is InChI=1S/C13H18ClFN2O.ClH/c1-3-13(4-2,8-16)17-12(18)10-7-9(14)5-6-11(10)15;/h5-7H,3-4,8,16H2,1-2H3,(H,17,18);1H. The molecule has 1 amide bonds. The average Bonchev–Trinajstić information content (AvgIpc) is 2.38. The highest BCUT2D eigenvalue weighted by Gasteiger charge is 2.27. The number of nitrogens with two attached hydrogens (primary N) is 1. The van der Waals surface area contributed by atoms with Crippen LogP contribution in [0, 0.1) is 5.82 Å². The lowest BCUT2D eigenvalue weighted by molar-refractivity contribution is 0.0891. The Bertz CT molecular complexity index is 428. The summed E-state index contributed by atoms with van der Waals surface area (Å²) in [5, 5.41) is 3.13. The van der Waals surface area contributed by atoms with Crippen molar-refractivity contribution in [3.63, 3.8) is 0 Å². The molecule has 0 fully saturated rings. The third-order valence-electron chi connectivity index (χ3n) is 3.30. The molecule has 0 aliphatic carbocycles. The number of amides is 1. The summed E-state index contributed by atoms with van der Waals surface area (Å²) in [5.74, 6) is -1.07.